The van der Waals surface area contributed by atoms with Crippen LogP contribution in [-0.2, 0) is 16.1 Å². The largest absolute Gasteiger partial charge is 0.445 e. The van der Waals surface area contributed by atoms with Crippen molar-refractivity contribution in [1.82, 2.24) is 5.32 Å². The van der Waals surface area contributed by atoms with Crippen LogP contribution in [0.2, 0.25) is 0 Å². The van der Waals surface area contributed by atoms with Gasteiger partial charge in [-0.25, -0.2) is 4.79 Å². The predicted octanol–water partition coefficient (Wildman–Crippen LogP) is 3.76. The van der Waals surface area contributed by atoms with Crippen molar-refractivity contribution in [2.45, 2.75) is 40.2 Å². The molecule has 0 radical (unpaired) electrons. The van der Waals surface area contributed by atoms with E-state index in [9.17, 15) is 4.79 Å². The van der Waals surface area contributed by atoms with Crippen LogP contribution in [0, 0.1) is 5.41 Å². The fourth-order valence-corrected chi connectivity index (χ4v) is 1.81. The first-order valence-corrected chi connectivity index (χ1v) is 7.50. The van der Waals surface area contributed by atoms with Gasteiger partial charge in [0.05, 0.1) is 6.61 Å². The van der Waals surface area contributed by atoms with Crippen molar-refractivity contribution in [2.24, 2.45) is 5.41 Å². The van der Waals surface area contributed by atoms with Crippen LogP contribution in [0.25, 0.3) is 0 Å². The Bertz CT molecular complexity index is 398. The number of amides is 1. The number of benzene rings is 1. The molecule has 1 aromatic carbocycles. The molecule has 0 unspecified atom stereocenters. The van der Waals surface area contributed by atoms with E-state index < -0.39 is 6.09 Å². The van der Waals surface area contributed by atoms with Crippen molar-refractivity contribution >= 4 is 6.09 Å². The molecule has 0 aliphatic carbocycles. The van der Waals surface area contributed by atoms with Crippen LogP contribution in [-0.4, -0.2) is 25.9 Å². The van der Waals surface area contributed by atoms with Gasteiger partial charge in [0.1, 0.15) is 6.61 Å². The Labute approximate surface area is 127 Å². The molecule has 1 N–H and O–H groups in total. The van der Waals surface area contributed by atoms with Crippen LogP contribution in [0.1, 0.15) is 39.2 Å². The van der Waals surface area contributed by atoms with Gasteiger partial charge in [-0.15, -0.1) is 0 Å². The lowest BCUT2D eigenvalue weighted by molar-refractivity contribution is 0.113. The molecule has 1 rings (SSSR count). The second kappa shape index (κ2) is 9.40. The number of rotatable bonds is 8. The number of nitrogens with one attached hydrogen (secondary N) is 1. The summed E-state index contributed by atoms with van der Waals surface area (Å²) in [6.45, 7) is 8.68. The molecular weight excluding hydrogens is 266 g/mol. The predicted molar refractivity (Wildman–Crippen MR) is 84.1 cm³/mol. The molecule has 1 aromatic rings. The maximum atomic E-state index is 11.4. The molecule has 1 amide bonds. The summed E-state index contributed by atoms with van der Waals surface area (Å²) in [5.74, 6) is 0. The number of hydrogen-bond donors (Lipinski definition) is 1. The summed E-state index contributed by atoms with van der Waals surface area (Å²) in [7, 11) is 0. The molecule has 4 nitrogen and oxygen atoms in total. The molecule has 0 saturated carbocycles. The van der Waals surface area contributed by atoms with Crippen LogP contribution in [0.4, 0.5) is 4.79 Å². The average Bonchev–Trinajstić information content (AvgIpc) is 2.44. The van der Waals surface area contributed by atoms with E-state index in [0.29, 0.717) is 25.2 Å². The molecule has 0 fully saturated rings. The van der Waals surface area contributed by atoms with E-state index in [0.717, 1.165) is 25.0 Å². The quantitative estimate of drug-likeness (QED) is 0.742. The molecule has 4 heteroatoms. The monoisotopic (exact) mass is 293 g/mol. The fourth-order valence-electron chi connectivity index (χ4n) is 1.81. The molecule has 21 heavy (non-hydrogen) atoms. The van der Waals surface area contributed by atoms with Gasteiger partial charge in [-0.3, -0.25) is 0 Å². The van der Waals surface area contributed by atoms with Crippen molar-refractivity contribution in [2.75, 3.05) is 19.8 Å². The summed E-state index contributed by atoms with van der Waals surface area (Å²) in [6.07, 6.45) is 1.78. The maximum Gasteiger partial charge on any atom is 0.407 e. The number of alkyl carbamates (subject to hydrolysis) is 1. The minimum absolute atomic E-state index is 0.291. The Morgan fingerprint density at radius 2 is 1.86 bits per heavy atom. The van der Waals surface area contributed by atoms with Crippen molar-refractivity contribution in [3.63, 3.8) is 0 Å². The summed E-state index contributed by atoms with van der Waals surface area (Å²) in [6, 6.07) is 9.61. The molecule has 118 valence electrons. The lowest BCUT2D eigenvalue weighted by Crippen LogP contribution is -2.28. The van der Waals surface area contributed by atoms with Crippen LogP contribution in [0.3, 0.4) is 0 Å². The number of carbonyl (C=O) groups excluding carboxylic acids is 1. The van der Waals surface area contributed by atoms with Gasteiger partial charge in [-0.2, -0.15) is 0 Å². The van der Waals surface area contributed by atoms with Crippen LogP contribution >= 0.6 is 0 Å². The van der Waals surface area contributed by atoms with E-state index in [4.69, 9.17) is 9.47 Å². The minimum Gasteiger partial charge on any atom is -0.445 e. The van der Waals surface area contributed by atoms with Crippen LogP contribution in [0.15, 0.2) is 30.3 Å². The second-order valence-corrected chi connectivity index (χ2v) is 6.27. The first-order chi connectivity index (χ1) is 9.97. The standard InChI is InChI=1S/C17H27NO3/c1-17(2,3)10-7-12-20-13-11-18-16(19)21-14-15-8-5-4-6-9-15/h4-6,8-9H,7,10-14H2,1-3H3,(H,18,19). The highest BCUT2D eigenvalue weighted by Crippen LogP contribution is 2.20. The molecule has 0 aliphatic heterocycles. The first-order valence-electron chi connectivity index (χ1n) is 7.50. The highest BCUT2D eigenvalue weighted by molar-refractivity contribution is 5.67. The van der Waals surface area contributed by atoms with Gasteiger partial charge in [-0.05, 0) is 23.8 Å². The number of carbonyl (C=O) groups is 1. The third kappa shape index (κ3) is 9.91. The highest BCUT2D eigenvalue weighted by Gasteiger charge is 2.08. The highest BCUT2D eigenvalue weighted by atomic mass is 16.5. The van der Waals surface area contributed by atoms with E-state index in [1.807, 2.05) is 30.3 Å². The fraction of sp³-hybridized carbons (Fsp3) is 0.588. The summed E-state index contributed by atoms with van der Waals surface area (Å²) in [5.41, 5.74) is 1.33. The Balaban J connectivity index is 1.96. The van der Waals surface area contributed by atoms with Crippen LogP contribution in [0.5, 0.6) is 0 Å². The summed E-state index contributed by atoms with van der Waals surface area (Å²) in [5, 5.41) is 2.67. The van der Waals surface area contributed by atoms with Gasteiger partial charge in [-0.1, -0.05) is 51.1 Å². The van der Waals surface area contributed by atoms with E-state index in [-0.39, 0.29) is 0 Å². The van der Waals surface area contributed by atoms with Gasteiger partial charge >= 0.3 is 6.09 Å². The van der Waals surface area contributed by atoms with Crippen LogP contribution < -0.4 is 5.32 Å². The van der Waals surface area contributed by atoms with E-state index >= 15 is 0 Å². The van der Waals surface area contributed by atoms with Crippen molar-refractivity contribution in [1.29, 1.82) is 0 Å². The zero-order valence-corrected chi connectivity index (χ0v) is 13.4. The average molecular weight is 293 g/mol. The van der Waals surface area contributed by atoms with Gasteiger partial charge < -0.3 is 14.8 Å². The third-order valence-corrected chi connectivity index (χ3v) is 2.94. The van der Waals surface area contributed by atoms with Gasteiger partial charge in [0.25, 0.3) is 0 Å². The Morgan fingerprint density at radius 1 is 1.14 bits per heavy atom. The second-order valence-electron chi connectivity index (χ2n) is 6.27. The molecule has 0 saturated heterocycles. The Kier molecular flexibility index (Phi) is 7.83. The number of ether oxygens (including phenoxy) is 2. The zero-order chi connectivity index (χ0) is 15.6. The van der Waals surface area contributed by atoms with Crippen molar-refractivity contribution in [3.05, 3.63) is 35.9 Å². The van der Waals surface area contributed by atoms with E-state index in [1.165, 1.54) is 0 Å². The first kappa shape index (κ1) is 17.5. The van der Waals surface area contributed by atoms with E-state index in [1.54, 1.807) is 0 Å². The van der Waals surface area contributed by atoms with Gasteiger partial charge in [0.15, 0.2) is 0 Å². The topological polar surface area (TPSA) is 47.6 Å². The van der Waals surface area contributed by atoms with Crippen molar-refractivity contribution < 1.29 is 14.3 Å². The normalized spacial score (nSPS) is 11.2. The van der Waals surface area contributed by atoms with Gasteiger partial charge in [0, 0.05) is 13.2 Å². The molecule has 0 spiro atoms. The maximum absolute atomic E-state index is 11.4. The lowest BCUT2D eigenvalue weighted by atomic mass is 9.91. The molecule has 0 aromatic heterocycles. The molecule has 0 atom stereocenters. The SMILES string of the molecule is CC(C)(C)CCCOCCNC(=O)OCc1ccccc1. The third-order valence-electron chi connectivity index (χ3n) is 2.94. The molecule has 0 heterocycles. The summed E-state index contributed by atoms with van der Waals surface area (Å²) >= 11 is 0. The Morgan fingerprint density at radius 3 is 2.52 bits per heavy atom. The summed E-state index contributed by atoms with van der Waals surface area (Å²) < 4.78 is 10.6. The van der Waals surface area contributed by atoms with Crippen molar-refractivity contribution in [3.8, 4) is 0 Å². The molecular formula is C17H27NO3. The molecule has 0 aliphatic rings. The van der Waals surface area contributed by atoms with E-state index in [2.05, 4.69) is 26.1 Å². The zero-order valence-electron chi connectivity index (χ0n) is 13.4. The summed E-state index contributed by atoms with van der Waals surface area (Å²) in [4.78, 5) is 11.4. The lowest BCUT2D eigenvalue weighted by Gasteiger charge is -2.17. The smallest absolute Gasteiger partial charge is 0.407 e. The minimum atomic E-state index is -0.405. The van der Waals surface area contributed by atoms with Gasteiger partial charge in [0.2, 0.25) is 0 Å². The number of hydrogen-bond acceptors (Lipinski definition) is 3. The Hall–Kier alpha value is -1.55. The molecule has 0 bridgehead atoms.